The fourth-order valence-corrected chi connectivity index (χ4v) is 2.48. The minimum absolute atomic E-state index is 0.243. The minimum atomic E-state index is -0.243. The molecule has 0 bridgehead atoms. The minimum Gasteiger partial charge on any atom is -0.321 e. The van der Waals surface area contributed by atoms with Gasteiger partial charge in [0, 0.05) is 5.54 Å². The van der Waals surface area contributed by atoms with E-state index in [1.165, 1.54) is 5.56 Å². The molecule has 0 saturated heterocycles. The van der Waals surface area contributed by atoms with Crippen LogP contribution in [0.2, 0.25) is 0 Å². The molecule has 0 spiro atoms. The molecule has 0 aliphatic heterocycles. The molecular weight excluding hydrogens is 242 g/mol. The maximum atomic E-state index is 6.50. The van der Waals surface area contributed by atoms with E-state index in [2.05, 4.69) is 56.8 Å². The second-order valence-electron chi connectivity index (χ2n) is 5.29. The molecule has 1 nitrogen and oxygen atoms in total. The van der Waals surface area contributed by atoms with Crippen molar-refractivity contribution >= 4 is 5.57 Å². The highest BCUT2D eigenvalue weighted by atomic mass is 14.7. The average Bonchev–Trinajstić information content (AvgIpc) is 2.54. The first kappa shape index (κ1) is 14.5. The van der Waals surface area contributed by atoms with E-state index in [1.54, 1.807) is 0 Å². The Morgan fingerprint density at radius 2 is 1.55 bits per heavy atom. The van der Waals surface area contributed by atoms with Crippen LogP contribution in [0.3, 0.4) is 0 Å². The fourth-order valence-electron chi connectivity index (χ4n) is 2.48. The lowest BCUT2D eigenvalue weighted by Gasteiger charge is -2.28. The van der Waals surface area contributed by atoms with Gasteiger partial charge >= 0.3 is 0 Å². The summed E-state index contributed by atoms with van der Waals surface area (Å²) in [7, 11) is 0. The van der Waals surface area contributed by atoms with Crippen LogP contribution in [0.5, 0.6) is 0 Å². The van der Waals surface area contributed by atoms with Gasteiger partial charge in [-0.25, -0.2) is 0 Å². The van der Waals surface area contributed by atoms with Crippen LogP contribution in [-0.4, -0.2) is 0 Å². The number of nitrogens with two attached hydrogens (primary N) is 1. The number of hydrogen-bond donors (Lipinski definition) is 1. The zero-order valence-corrected chi connectivity index (χ0v) is 12.4. The summed E-state index contributed by atoms with van der Waals surface area (Å²) in [6.45, 7) is 8.51. The van der Waals surface area contributed by atoms with Gasteiger partial charge in [-0.05, 0) is 41.2 Å². The highest BCUT2D eigenvalue weighted by Crippen LogP contribution is 2.29. The first-order valence-electron chi connectivity index (χ1n) is 7.25. The standard InChI is InChI=1S/C19H23N/c1-4-19(20,5-2)18-13-9-12-17(14-18)15(3)16-10-7-6-8-11-16/h6-14H,3-5,20H2,1-2H3. The first-order valence-corrected chi connectivity index (χ1v) is 7.25. The predicted molar refractivity (Wildman–Crippen MR) is 87.5 cm³/mol. The monoisotopic (exact) mass is 265 g/mol. The van der Waals surface area contributed by atoms with Crippen LogP contribution in [0.15, 0.2) is 61.2 Å². The van der Waals surface area contributed by atoms with Crippen molar-refractivity contribution in [3.63, 3.8) is 0 Å². The molecule has 2 rings (SSSR count). The lowest BCUT2D eigenvalue weighted by Crippen LogP contribution is -2.35. The largest absolute Gasteiger partial charge is 0.321 e. The van der Waals surface area contributed by atoms with Gasteiger partial charge in [0.15, 0.2) is 0 Å². The third kappa shape index (κ3) is 2.83. The summed E-state index contributed by atoms with van der Waals surface area (Å²) in [6.07, 6.45) is 1.87. The zero-order valence-electron chi connectivity index (χ0n) is 12.4. The van der Waals surface area contributed by atoms with Crippen molar-refractivity contribution in [2.45, 2.75) is 32.2 Å². The second-order valence-corrected chi connectivity index (χ2v) is 5.29. The molecule has 0 heterocycles. The normalized spacial score (nSPS) is 11.3. The summed E-state index contributed by atoms with van der Waals surface area (Å²) in [5.74, 6) is 0. The summed E-state index contributed by atoms with van der Waals surface area (Å²) in [5, 5.41) is 0. The molecule has 0 fully saturated rings. The molecule has 104 valence electrons. The highest BCUT2D eigenvalue weighted by molar-refractivity contribution is 5.78. The third-order valence-electron chi connectivity index (χ3n) is 4.17. The second kappa shape index (κ2) is 6.06. The Balaban J connectivity index is 2.38. The van der Waals surface area contributed by atoms with Crippen LogP contribution in [0.1, 0.15) is 43.4 Å². The van der Waals surface area contributed by atoms with Gasteiger partial charge in [-0.1, -0.05) is 69.0 Å². The topological polar surface area (TPSA) is 26.0 Å². The first-order chi connectivity index (χ1) is 9.60. The van der Waals surface area contributed by atoms with Gasteiger partial charge in [0.2, 0.25) is 0 Å². The van der Waals surface area contributed by atoms with Gasteiger partial charge < -0.3 is 5.73 Å². The molecular formula is C19H23N. The lowest BCUT2D eigenvalue weighted by atomic mass is 9.84. The molecule has 0 aliphatic carbocycles. The number of benzene rings is 2. The summed E-state index contributed by atoms with van der Waals surface area (Å²) in [5.41, 5.74) is 10.8. The van der Waals surface area contributed by atoms with E-state index in [4.69, 9.17) is 5.73 Å². The number of rotatable bonds is 5. The van der Waals surface area contributed by atoms with Crippen molar-refractivity contribution in [3.8, 4) is 0 Å². The van der Waals surface area contributed by atoms with Gasteiger partial charge in [0.25, 0.3) is 0 Å². The van der Waals surface area contributed by atoms with E-state index in [-0.39, 0.29) is 5.54 Å². The smallest absolute Gasteiger partial charge is 0.0404 e. The molecule has 0 aromatic heterocycles. The molecule has 2 aromatic rings. The molecule has 2 N–H and O–H groups in total. The number of hydrogen-bond acceptors (Lipinski definition) is 1. The molecule has 0 radical (unpaired) electrons. The molecule has 20 heavy (non-hydrogen) atoms. The lowest BCUT2D eigenvalue weighted by molar-refractivity contribution is 0.412. The van der Waals surface area contributed by atoms with Gasteiger partial charge in [-0.3, -0.25) is 0 Å². The van der Waals surface area contributed by atoms with Crippen LogP contribution in [0.25, 0.3) is 5.57 Å². The predicted octanol–water partition coefficient (Wildman–Crippen LogP) is 4.72. The SMILES string of the molecule is C=C(c1ccccc1)c1cccc(C(N)(CC)CC)c1. The van der Waals surface area contributed by atoms with E-state index in [0.29, 0.717) is 0 Å². The van der Waals surface area contributed by atoms with Crippen molar-refractivity contribution in [1.82, 2.24) is 0 Å². The van der Waals surface area contributed by atoms with E-state index in [1.807, 2.05) is 18.2 Å². The van der Waals surface area contributed by atoms with Crippen molar-refractivity contribution in [3.05, 3.63) is 77.9 Å². The van der Waals surface area contributed by atoms with Crippen LogP contribution >= 0.6 is 0 Å². The maximum absolute atomic E-state index is 6.50. The molecule has 0 amide bonds. The van der Waals surface area contributed by atoms with Gasteiger partial charge in [-0.2, -0.15) is 0 Å². The molecule has 2 aromatic carbocycles. The van der Waals surface area contributed by atoms with E-state index in [9.17, 15) is 0 Å². The van der Waals surface area contributed by atoms with Crippen molar-refractivity contribution in [1.29, 1.82) is 0 Å². The fraction of sp³-hybridized carbons (Fsp3) is 0.263. The molecule has 0 atom stereocenters. The molecule has 0 aliphatic rings. The zero-order chi connectivity index (χ0) is 14.6. The highest BCUT2D eigenvalue weighted by Gasteiger charge is 2.23. The van der Waals surface area contributed by atoms with Crippen molar-refractivity contribution < 1.29 is 0 Å². The van der Waals surface area contributed by atoms with Crippen LogP contribution in [0.4, 0.5) is 0 Å². The van der Waals surface area contributed by atoms with Gasteiger partial charge in [-0.15, -0.1) is 0 Å². The maximum Gasteiger partial charge on any atom is 0.0404 e. The van der Waals surface area contributed by atoms with Crippen LogP contribution in [-0.2, 0) is 5.54 Å². The average molecular weight is 265 g/mol. The van der Waals surface area contributed by atoms with Crippen molar-refractivity contribution in [2.75, 3.05) is 0 Å². The third-order valence-corrected chi connectivity index (χ3v) is 4.17. The van der Waals surface area contributed by atoms with Crippen molar-refractivity contribution in [2.24, 2.45) is 5.73 Å². The van der Waals surface area contributed by atoms with E-state index in [0.717, 1.165) is 29.5 Å². The summed E-state index contributed by atoms with van der Waals surface area (Å²) in [4.78, 5) is 0. The van der Waals surface area contributed by atoms with Gasteiger partial charge in [0.05, 0.1) is 0 Å². The molecule has 1 heteroatoms. The summed E-state index contributed by atoms with van der Waals surface area (Å²) in [6, 6.07) is 18.7. The Morgan fingerprint density at radius 1 is 0.950 bits per heavy atom. The van der Waals surface area contributed by atoms with Crippen LogP contribution in [0, 0.1) is 0 Å². The van der Waals surface area contributed by atoms with E-state index >= 15 is 0 Å². The summed E-state index contributed by atoms with van der Waals surface area (Å²) >= 11 is 0. The Morgan fingerprint density at radius 3 is 2.15 bits per heavy atom. The Kier molecular flexibility index (Phi) is 4.41. The Hall–Kier alpha value is -1.86. The Bertz CT molecular complexity index is 580. The van der Waals surface area contributed by atoms with Crippen LogP contribution < -0.4 is 5.73 Å². The van der Waals surface area contributed by atoms with Gasteiger partial charge in [0.1, 0.15) is 0 Å². The molecule has 0 unspecified atom stereocenters. The summed E-state index contributed by atoms with van der Waals surface area (Å²) < 4.78 is 0. The molecule has 0 saturated carbocycles. The quantitative estimate of drug-likeness (QED) is 0.831. The van der Waals surface area contributed by atoms with E-state index < -0.39 is 0 Å². The Labute approximate surface area is 122 Å².